The van der Waals surface area contributed by atoms with Crippen LogP contribution in [0.3, 0.4) is 0 Å². The van der Waals surface area contributed by atoms with Gasteiger partial charge in [-0.2, -0.15) is 5.10 Å². The summed E-state index contributed by atoms with van der Waals surface area (Å²) in [4.78, 5) is 0. The number of nitrogens with zero attached hydrogens (tertiary/aromatic N) is 1. The van der Waals surface area contributed by atoms with Gasteiger partial charge in [0.15, 0.2) is 16.6 Å². The molecule has 1 fully saturated rings. The van der Waals surface area contributed by atoms with E-state index in [0.717, 1.165) is 12.0 Å². The predicted molar refractivity (Wildman–Crippen MR) is 104 cm³/mol. The zero-order valence-electron chi connectivity index (χ0n) is 15.3. The van der Waals surface area contributed by atoms with Gasteiger partial charge < -0.3 is 19.5 Å². The van der Waals surface area contributed by atoms with Crippen LogP contribution in [-0.4, -0.2) is 38.7 Å². The van der Waals surface area contributed by atoms with E-state index in [0.29, 0.717) is 34.3 Å². The molecule has 0 radical (unpaired) electrons. The fraction of sp³-hybridized carbons (Fsp3) is 0.556. The highest BCUT2D eigenvalue weighted by Gasteiger charge is 2.21. The van der Waals surface area contributed by atoms with Crippen molar-refractivity contribution >= 4 is 23.5 Å². The van der Waals surface area contributed by atoms with Crippen molar-refractivity contribution in [3.63, 3.8) is 0 Å². The highest BCUT2D eigenvalue weighted by atomic mass is 32.1. The lowest BCUT2D eigenvalue weighted by molar-refractivity contribution is 0.308. The standard InChI is InChI=1S/C18H27N3O3S/c1-12-7-5-6-8-14(12)20-18(25)21-19-11-13-9-15(22-2)17(24-4)16(10-13)23-3/h9-12,14H,5-8H2,1-4H3,(H2,20,21,25)/b19-11-/t12-,14+/m0/s1. The fourth-order valence-electron chi connectivity index (χ4n) is 3.07. The Hall–Kier alpha value is -2.02. The second-order valence-corrected chi connectivity index (χ2v) is 6.58. The molecular formula is C18H27N3O3S. The molecule has 138 valence electrons. The molecule has 25 heavy (non-hydrogen) atoms. The largest absolute Gasteiger partial charge is 0.493 e. The maximum absolute atomic E-state index is 5.33. The highest BCUT2D eigenvalue weighted by Crippen LogP contribution is 2.37. The molecule has 2 rings (SSSR count). The molecule has 1 saturated carbocycles. The predicted octanol–water partition coefficient (Wildman–Crippen LogP) is 3.09. The number of hydrogen-bond acceptors (Lipinski definition) is 5. The minimum absolute atomic E-state index is 0.421. The van der Waals surface area contributed by atoms with Crippen LogP contribution < -0.4 is 25.0 Å². The molecule has 2 atom stereocenters. The van der Waals surface area contributed by atoms with Gasteiger partial charge in [-0.1, -0.05) is 19.8 Å². The van der Waals surface area contributed by atoms with Gasteiger partial charge >= 0.3 is 0 Å². The molecule has 1 aliphatic carbocycles. The average molecular weight is 365 g/mol. The van der Waals surface area contributed by atoms with Gasteiger partial charge in [0.25, 0.3) is 0 Å². The Balaban J connectivity index is 1.98. The third kappa shape index (κ3) is 5.22. The molecule has 0 amide bonds. The van der Waals surface area contributed by atoms with Crippen molar-refractivity contribution in [3.8, 4) is 17.2 Å². The summed E-state index contributed by atoms with van der Waals surface area (Å²) in [6, 6.07) is 4.07. The lowest BCUT2D eigenvalue weighted by atomic mass is 9.86. The van der Waals surface area contributed by atoms with Crippen LogP contribution in [0.1, 0.15) is 38.2 Å². The van der Waals surface area contributed by atoms with Crippen LogP contribution >= 0.6 is 12.2 Å². The SMILES string of the molecule is COc1cc(/C=N\NC(=S)N[C@@H]2CCCC[C@@H]2C)cc(OC)c1OC. The van der Waals surface area contributed by atoms with Gasteiger partial charge in [-0.25, -0.2) is 0 Å². The van der Waals surface area contributed by atoms with E-state index in [9.17, 15) is 0 Å². The molecule has 7 heteroatoms. The second kappa shape index (κ2) is 9.46. The van der Waals surface area contributed by atoms with Crippen molar-refractivity contribution in [1.29, 1.82) is 0 Å². The molecular weight excluding hydrogens is 338 g/mol. The van der Waals surface area contributed by atoms with E-state index in [1.165, 1.54) is 19.3 Å². The van der Waals surface area contributed by atoms with Crippen LogP contribution in [0.25, 0.3) is 0 Å². The highest BCUT2D eigenvalue weighted by molar-refractivity contribution is 7.80. The summed E-state index contributed by atoms with van der Waals surface area (Å²) in [6.45, 7) is 2.26. The first-order valence-corrected chi connectivity index (χ1v) is 8.89. The van der Waals surface area contributed by atoms with E-state index in [1.54, 1.807) is 27.5 Å². The Kier molecular flexibility index (Phi) is 7.31. The van der Waals surface area contributed by atoms with Gasteiger partial charge in [0.1, 0.15) is 0 Å². The fourth-order valence-corrected chi connectivity index (χ4v) is 3.28. The maximum atomic E-state index is 5.33. The van der Waals surface area contributed by atoms with E-state index in [4.69, 9.17) is 26.4 Å². The van der Waals surface area contributed by atoms with Crippen LogP contribution in [-0.2, 0) is 0 Å². The van der Waals surface area contributed by atoms with Crippen molar-refractivity contribution in [3.05, 3.63) is 17.7 Å². The van der Waals surface area contributed by atoms with Crippen LogP contribution in [0, 0.1) is 5.92 Å². The second-order valence-electron chi connectivity index (χ2n) is 6.17. The van der Waals surface area contributed by atoms with Gasteiger partial charge in [-0.3, -0.25) is 5.43 Å². The summed E-state index contributed by atoms with van der Waals surface area (Å²) in [5.74, 6) is 2.35. The van der Waals surface area contributed by atoms with Crippen molar-refractivity contribution in [1.82, 2.24) is 10.7 Å². The first kappa shape index (κ1) is 19.3. The molecule has 0 unspecified atom stereocenters. The molecule has 6 nitrogen and oxygen atoms in total. The summed E-state index contributed by atoms with van der Waals surface area (Å²) in [5, 5.41) is 8.11. The van der Waals surface area contributed by atoms with E-state index in [2.05, 4.69) is 22.8 Å². The number of rotatable bonds is 6. The van der Waals surface area contributed by atoms with Gasteiger partial charge in [0, 0.05) is 11.6 Å². The van der Waals surface area contributed by atoms with Crippen molar-refractivity contribution in [2.75, 3.05) is 21.3 Å². The molecule has 0 aromatic heterocycles. The van der Waals surface area contributed by atoms with E-state index >= 15 is 0 Å². The first-order chi connectivity index (χ1) is 12.1. The van der Waals surface area contributed by atoms with Crippen LogP contribution in [0.15, 0.2) is 17.2 Å². The normalized spacial score (nSPS) is 20.2. The lowest BCUT2D eigenvalue weighted by Crippen LogP contribution is -2.44. The zero-order chi connectivity index (χ0) is 18.2. The Morgan fingerprint density at radius 2 is 1.76 bits per heavy atom. The topological polar surface area (TPSA) is 64.1 Å². The molecule has 0 spiro atoms. The molecule has 0 bridgehead atoms. The average Bonchev–Trinajstić information content (AvgIpc) is 2.62. The molecule has 1 aromatic carbocycles. The monoisotopic (exact) mass is 365 g/mol. The van der Waals surface area contributed by atoms with Gasteiger partial charge in [-0.15, -0.1) is 0 Å². The Morgan fingerprint density at radius 1 is 1.12 bits per heavy atom. The number of ether oxygens (including phenoxy) is 3. The molecule has 1 aliphatic rings. The third-order valence-electron chi connectivity index (χ3n) is 4.49. The Morgan fingerprint density at radius 3 is 2.32 bits per heavy atom. The van der Waals surface area contributed by atoms with Crippen LogP contribution in [0.5, 0.6) is 17.2 Å². The summed E-state index contributed by atoms with van der Waals surface area (Å²) in [5.41, 5.74) is 3.70. The van der Waals surface area contributed by atoms with Crippen molar-refractivity contribution < 1.29 is 14.2 Å². The van der Waals surface area contributed by atoms with Crippen molar-refractivity contribution in [2.45, 2.75) is 38.6 Å². The van der Waals surface area contributed by atoms with Gasteiger partial charge in [0.2, 0.25) is 5.75 Å². The number of thiocarbonyl (C=S) groups is 1. The summed E-state index contributed by atoms with van der Waals surface area (Å²) < 4.78 is 16.0. The maximum Gasteiger partial charge on any atom is 0.203 e. The molecule has 0 saturated heterocycles. The first-order valence-electron chi connectivity index (χ1n) is 8.48. The van der Waals surface area contributed by atoms with Crippen LogP contribution in [0.2, 0.25) is 0 Å². The molecule has 0 aliphatic heterocycles. The Labute approximate surface area is 154 Å². The minimum atomic E-state index is 0.421. The smallest absolute Gasteiger partial charge is 0.203 e. The number of methoxy groups -OCH3 is 3. The quantitative estimate of drug-likeness (QED) is 0.459. The van der Waals surface area contributed by atoms with Gasteiger partial charge in [-0.05, 0) is 43.1 Å². The van der Waals surface area contributed by atoms with Crippen molar-refractivity contribution in [2.24, 2.45) is 11.0 Å². The van der Waals surface area contributed by atoms with Crippen LogP contribution in [0.4, 0.5) is 0 Å². The molecule has 0 heterocycles. The number of nitrogens with one attached hydrogen (secondary N) is 2. The number of hydrazone groups is 1. The van der Waals surface area contributed by atoms with E-state index in [-0.39, 0.29) is 0 Å². The number of benzene rings is 1. The summed E-state index contributed by atoms with van der Waals surface area (Å²) >= 11 is 5.33. The Bertz CT molecular complexity index is 597. The van der Waals surface area contributed by atoms with Gasteiger partial charge in [0.05, 0.1) is 27.5 Å². The summed E-state index contributed by atoms with van der Waals surface area (Å²) in [7, 11) is 4.74. The zero-order valence-corrected chi connectivity index (χ0v) is 16.1. The number of hydrogen-bond donors (Lipinski definition) is 2. The third-order valence-corrected chi connectivity index (χ3v) is 4.70. The summed E-state index contributed by atoms with van der Waals surface area (Å²) in [6.07, 6.45) is 6.62. The van der Waals surface area contributed by atoms with E-state index in [1.807, 2.05) is 12.1 Å². The minimum Gasteiger partial charge on any atom is -0.493 e. The molecule has 1 aromatic rings. The van der Waals surface area contributed by atoms with E-state index < -0.39 is 0 Å². The molecule has 2 N–H and O–H groups in total. The lowest BCUT2D eigenvalue weighted by Gasteiger charge is -2.30.